The number of hydrogen-bond acceptors (Lipinski definition) is 2. The second-order valence-corrected chi connectivity index (χ2v) is 3.24. The van der Waals surface area contributed by atoms with Crippen molar-refractivity contribution in [2.24, 2.45) is 0 Å². The van der Waals surface area contributed by atoms with Crippen molar-refractivity contribution in [2.45, 2.75) is 6.42 Å². The molecule has 14 heavy (non-hydrogen) atoms. The van der Waals surface area contributed by atoms with Crippen LogP contribution in [-0.4, -0.2) is 7.11 Å². The zero-order valence-electron chi connectivity index (χ0n) is 7.88. The molecular weight excluding hydrogens is 198 g/mol. The number of benzene rings is 1. The van der Waals surface area contributed by atoms with Crippen LogP contribution in [-0.2, 0) is 11.2 Å². The molecular formula is C11H10ClNO. The summed E-state index contributed by atoms with van der Waals surface area (Å²) in [6, 6.07) is 7.20. The summed E-state index contributed by atoms with van der Waals surface area (Å²) in [4.78, 5) is 0. The van der Waals surface area contributed by atoms with E-state index in [0.717, 1.165) is 5.56 Å². The summed E-state index contributed by atoms with van der Waals surface area (Å²) in [7, 11) is 1.57. The summed E-state index contributed by atoms with van der Waals surface area (Å²) in [6.45, 7) is 3.71. The largest absolute Gasteiger partial charge is 0.501 e. The van der Waals surface area contributed by atoms with Gasteiger partial charge in [0.15, 0.2) is 0 Å². The quantitative estimate of drug-likeness (QED) is 0.714. The first-order valence-electron chi connectivity index (χ1n) is 4.07. The molecule has 1 aromatic carbocycles. The van der Waals surface area contributed by atoms with E-state index >= 15 is 0 Å². The van der Waals surface area contributed by atoms with Crippen LogP contribution >= 0.6 is 11.6 Å². The highest BCUT2D eigenvalue weighted by molar-refractivity contribution is 6.31. The van der Waals surface area contributed by atoms with Crippen molar-refractivity contribution >= 4 is 11.6 Å². The Balaban J connectivity index is 2.90. The van der Waals surface area contributed by atoms with Crippen molar-refractivity contribution in [3.63, 3.8) is 0 Å². The maximum absolute atomic E-state index is 8.63. The van der Waals surface area contributed by atoms with E-state index in [1.165, 1.54) is 0 Å². The van der Waals surface area contributed by atoms with E-state index in [4.69, 9.17) is 21.6 Å². The summed E-state index contributed by atoms with van der Waals surface area (Å²) in [6.07, 6.45) is 0.570. The summed E-state index contributed by atoms with van der Waals surface area (Å²) in [5.74, 6) is 0.650. The molecule has 0 aliphatic carbocycles. The molecule has 0 radical (unpaired) electrons. The molecule has 1 aromatic rings. The van der Waals surface area contributed by atoms with E-state index in [1.54, 1.807) is 19.2 Å². The molecule has 0 amide bonds. The van der Waals surface area contributed by atoms with Gasteiger partial charge < -0.3 is 4.74 Å². The average Bonchev–Trinajstić information content (AvgIpc) is 2.20. The Morgan fingerprint density at radius 2 is 2.36 bits per heavy atom. The first-order valence-corrected chi connectivity index (χ1v) is 4.45. The Bertz CT molecular complexity index is 393. The molecule has 0 heterocycles. The van der Waals surface area contributed by atoms with Gasteiger partial charge in [0.2, 0.25) is 0 Å². The zero-order chi connectivity index (χ0) is 10.6. The van der Waals surface area contributed by atoms with E-state index < -0.39 is 0 Å². The molecule has 0 bridgehead atoms. The molecule has 0 atom stereocenters. The third-order valence-corrected chi connectivity index (χ3v) is 2.21. The number of methoxy groups -OCH3 is 1. The highest BCUT2D eigenvalue weighted by Crippen LogP contribution is 2.20. The number of nitriles is 1. The van der Waals surface area contributed by atoms with Gasteiger partial charge in [-0.15, -0.1) is 0 Å². The van der Waals surface area contributed by atoms with Crippen molar-refractivity contribution in [2.75, 3.05) is 7.11 Å². The van der Waals surface area contributed by atoms with Crippen LogP contribution in [0.5, 0.6) is 0 Å². The molecule has 0 aliphatic heterocycles. The van der Waals surface area contributed by atoms with Crippen molar-refractivity contribution < 1.29 is 4.74 Å². The van der Waals surface area contributed by atoms with Crippen LogP contribution in [0.25, 0.3) is 0 Å². The van der Waals surface area contributed by atoms with Gasteiger partial charge >= 0.3 is 0 Å². The molecule has 1 rings (SSSR count). The zero-order valence-corrected chi connectivity index (χ0v) is 8.64. The van der Waals surface area contributed by atoms with Gasteiger partial charge in [0.1, 0.15) is 0 Å². The fraction of sp³-hybridized carbons (Fsp3) is 0.182. The lowest BCUT2D eigenvalue weighted by atomic mass is 10.1. The third kappa shape index (κ3) is 2.51. The van der Waals surface area contributed by atoms with Crippen LogP contribution in [0.15, 0.2) is 30.5 Å². The monoisotopic (exact) mass is 207 g/mol. The van der Waals surface area contributed by atoms with E-state index in [0.29, 0.717) is 22.8 Å². The maximum Gasteiger partial charge on any atom is 0.0992 e. The summed E-state index contributed by atoms with van der Waals surface area (Å²) in [5, 5.41) is 9.20. The van der Waals surface area contributed by atoms with Gasteiger partial charge in [-0.05, 0) is 17.7 Å². The van der Waals surface area contributed by atoms with Gasteiger partial charge in [0.05, 0.1) is 24.5 Å². The molecule has 0 spiro atoms. The molecule has 0 unspecified atom stereocenters. The smallest absolute Gasteiger partial charge is 0.0992 e. The predicted molar refractivity (Wildman–Crippen MR) is 56.0 cm³/mol. The molecule has 0 aromatic heterocycles. The van der Waals surface area contributed by atoms with Gasteiger partial charge in [0, 0.05) is 11.4 Å². The van der Waals surface area contributed by atoms with Crippen molar-refractivity contribution in [1.29, 1.82) is 5.26 Å². The van der Waals surface area contributed by atoms with E-state index in [9.17, 15) is 0 Å². The Morgan fingerprint density at radius 3 is 2.86 bits per heavy atom. The minimum atomic E-state index is 0.557. The van der Waals surface area contributed by atoms with Gasteiger partial charge in [-0.2, -0.15) is 5.26 Å². The van der Waals surface area contributed by atoms with Crippen LogP contribution in [0.4, 0.5) is 0 Å². The lowest BCUT2D eigenvalue weighted by molar-refractivity contribution is 0.285. The van der Waals surface area contributed by atoms with Crippen LogP contribution in [0.3, 0.4) is 0 Å². The SMILES string of the molecule is C=C(Cc1ccc(C#N)cc1Cl)OC. The molecule has 72 valence electrons. The van der Waals surface area contributed by atoms with Gasteiger partial charge in [-0.25, -0.2) is 0 Å². The molecule has 3 heteroatoms. The Kier molecular flexibility index (Phi) is 3.55. The molecule has 0 saturated heterocycles. The molecule has 0 aliphatic rings. The summed E-state index contributed by atoms with van der Waals surface area (Å²) in [5.41, 5.74) is 1.47. The number of hydrogen-bond donors (Lipinski definition) is 0. The number of ether oxygens (including phenoxy) is 1. The van der Waals surface area contributed by atoms with Gasteiger partial charge in [0.25, 0.3) is 0 Å². The van der Waals surface area contributed by atoms with E-state index in [2.05, 4.69) is 6.58 Å². The molecule has 0 saturated carbocycles. The third-order valence-electron chi connectivity index (χ3n) is 1.86. The fourth-order valence-corrected chi connectivity index (χ4v) is 1.29. The summed E-state index contributed by atoms with van der Waals surface area (Å²) >= 11 is 5.96. The Morgan fingerprint density at radius 1 is 1.64 bits per heavy atom. The minimum Gasteiger partial charge on any atom is -0.501 e. The predicted octanol–water partition coefficient (Wildman–Crippen LogP) is 2.91. The fourth-order valence-electron chi connectivity index (χ4n) is 1.04. The van der Waals surface area contributed by atoms with Gasteiger partial charge in [-0.1, -0.05) is 24.2 Å². The average molecular weight is 208 g/mol. The summed E-state index contributed by atoms with van der Waals surface area (Å²) < 4.78 is 4.95. The number of nitrogens with zero attached hydrogens (tertiary/aromatic N) is 1. The lowest BCUT2D eigenvalue weighted by Gasteiger charge is -2.06. The second-order valence-electron chi connectivity index (χ2n) is 2.84. The lowest BCUT2D eigenvalue weighted by Crippen LogP contribution is -1.92. The van der Waals surface area contributed by atoms with Crippen molar-refractivity contribution in [3.8, 4) is 6.07 Å². The van der Waals surface area contributed by atoms with Crippen LogP contribution in [0, 0.1) is 11.3 Å². The molecule has 0 N–H and O–H groups in total. The number of allylic oxidation sites excluding steroid dienone is 1. The first kappa shape index (κ1) is 10.6. The van der Waals surface area contributed by atoms with Crippen LogP contribution < -0.4 is 0 Å². The Labute approximate surface area is 88.4 Å². The normalized spacial score (nSPS) is 9.21. The standard InChI is InChI=1S/C11H10ClNO/c1-8(14-2)5-10-4-3-9(7-13)6-11(10)12/h3-4,6H,1,5H2,2H3. The maximum atomic E-state index is 8.63. The molecule has 2 nitrogen and oxygen atoms in total. The van der Waals surface area contributed by atoms with E-state index in [1.807, 2.05) is 12.1 Å². The number of rotatable bonds is 3. The number of halogens is 1. The van der Waals surface area contributed by atoms with E-state index in [-0.39, 0.29) is 0 Å². The van der Waals surface area contributed by atoms with Gasteiger partial charge in [-0.3, -0.25) is 0 Å². The molecule has 0 fully saturated rings. The van der Waals surface area contributed by atoms with Crippen LogP contribution in [0.2, 0.25) is 5.02 Å². The first-order chi connectivity index (χ1) is 6.67. The van der Waals surface area contributed by atoms with Crippen LogP contribution in [0.1, 0.15) is 11.1 Å². The highest BCUT2D eigenvalue weighted by atomic mass is 35.5. The van der Waals surface area contributed by atoms with Crippen molar-refractivity contribution in [3.05, 3.63) is 46.7 Å². The second kappa shape index (κ2) is 4.69. The topological polar surface area (TPSA) is 33.0 Å². The minimum absolute atomic E-state index is 0.557. The Hall–Kier alpha value is -1.46. The van der Waals surface area contributed by atoms with Crippen molar-refractivity contribution in [1.82, 2.24) is 0 Å². The highest BCUT2D eigenvalue weighted by Gasteiger charge is 2.03.